The van der Waals surface area contributed by atoms with Crippen LogP contribution in [0.15, 0.2) is 28.8 Å². The predicted octanol–water partition coefficient (Wildman–Crippen LogP) is 2.82. The SMILES string of the molecule is Cc1ccccc1CSCC(=O)NCCc1noc(C2CCCO2)n1. The van der Waals surface area contributed by atoms with E-state index in [1.54, 1.807) is 11.8 Å². The molecule has 1 aromatic heterocycles. The molecule has 0 aliphatic carbocycles. The van der Waals surface area contributed by atoms with Crippen molar-refractivity contribution in [2.24, 2.45) is 0 Å². The number of carbonyl (C=O) groups excluding carboxylic acids is 1. The van der Waals surface area contributed by atoms with Crippen molar-refractivity contribution in [1.29, 1.82) is 0 Å². The average Bonchev–Trinajstić information content (AvgIpc) is 3.28. The largest absolute Gasteiger partial charge is 0.368 e. The smallest absolute Gasteiger partial charge is 0.255 e. The van der Waals surface area contributed by atoms with E-state index >= 15 is 0 Å². The first-order valence-electron chi connectivity index (χ1n) is 8.55. The number of nitrogens with one attached hydrogen (secondary N) is 1. The normalized spacial score (nSPS) is 16.9. The molecule has 2 aromatic rings. The fraction of sp³-hybridized carbons (Fsp3) is 0.500. The average molecular weight is 361 g/mol. The summed E-state index contributed by atoms with van der Waals surface area (Å²) < 4.78 is 10.7. The Morgan fingerprint density at radius 3 is 3.08 bits per heavy atom. The van der Waals surface area contributed by atoms with Crippen LogP contribution in [0.2, 0.25) is 0 Å². The summed E-state index contributed by atoms with van der Waals surface area (Å²) in [7, 11) is 0. The summed E-state index contributed by atoms with van der Waals surface area (Å²) in [6.45, 7) is 3.35. The highest BCUT2D eigenvalue weighted by atomic mass is 32.2. The zero-order chi connectivity index (χ0) is 17.5. The lowest BCUT2D eigenvalue weighted by Crippen LogP contribution is -2.27. The van der Waals surface area contributed by atoms with Crippen LogP contribution >= 0.6 is 11.8 Å². The van der Waals surface area contributed by atoms with Gasteiger partial charge in [-0.3, -0.25) is 4.79 Å². The Hall–Kier alpha value is -1.86. The molecule has 1 aliphatic rings. The molecule has 2 heterocycles. The third kappa shape index (κ3) is 5.31. The summed E-state index contributed by atoms with van der Waals surface area (Å²) in [5, 5.41) is 6.84. The minimum absolute atomic E-state index is 0.0291. The Morgan fingerprint density at radius 1 is 1.40 bits per heavy atom. The Labute approximate surface area is 151 Å². The third-order valence-corrected chi connectivity index (χ3v) is 5.09. The molecule has 6 nitrogen and oxygen atoms in total. The summed E-state index contributed by atoms with van der Waals surface area (Å²) in [6.07, 6.45) is 2.45. The number of hydrogen-bond donors (Lipinski definition) is 1. The second-order valence-corrected chi connectivity index (χ2v) is 7.06. The fourth-order valence-corrected chi connectivity index (χ4v) is 3.60. The molecule has 7 heteroatoms. The number of rotatable bonds is 8. The predicted molar refractivity (Wildman–Crippen MR) is 96.3 cm³/mol. The number of aryl methyl sites for hydroxylation is 1. The van der Waals surface area contributed by atoms with Crippen LogP contribution in [0.5, 0.6) is 0 Å². The van der Waals surface area contributed by atoms with Crippen molar-refractivity contribution in [3.63, 3.8) is 0 Å². The molecule has 1 N–H and O–H groups in total. The molecule has 134 valence electrons. The molecule has 25 heavy (non-hydrogen) atoms. The van der Waals surface area contributed by atoms with Gasteiger partial charge in [0.15, 0.2) is 5.82 Å². The van der Waals surface area contributed by atoms with Crippen LogP contribution in [0.25, 0.3) is 0 Å². The van der Waals surface area contributed by atoms with Crippen molar-refractivity contribution in [3.8, 4) is 0 Å². The molecule has 1 aromatic carbocycles. The van der Waals surface area contributed by atoms with Crippen LogP contribution in [-0.4, -0.2) is 35.0 Å². The van der Waals surface area contributed by atoms with Crippen molar-refractivity contribution in [2.45, 2.75) is 38.0 Å². The number of carbonyl (C=O) groups is 1. The number of hydrogen-bond acceptors (Lipinski definition) is 6. The highest BCUT2D eigenvalue weighted by molar-refractivity contribution is 7.99. The quantitative estimate of drug-likeness (QED) is 0.779. The van der Waals surface area contributed by atoms with Crippen molar-refractivity contribution in [3.05, 3.63) is 47.1 Å². The van der Waals surface area contributed by atoms with Crippen molar-refractivity contribution in [1.82, 2.24) is 15.5 Å². The number of aromatic nitrogens is 2. The molecular formula is C18H23N3O3S. The molecule has 0 bridgehead atoms. The maximum Gasteiger partial charge on any atom is 0.255 e. The number of thioether (sulfide) groups is 1. The van der Waals surface area contributed by atoms with Gasteiger partial charge in [-0.2, -0.15) is 4.98 Å². The Morgan fingerprint density at radius 2 is 2.28 bits per heavy atom. The van der Waals surface area contributed by atoms with Crippen molar-refractivity contribution in [2.75, 3.05) is 18.9 Å². The molecule has 1 atom stereocenters. The van der Waals surface area contributed by atoms with Crippen LogP contribution in [0, 0.1) is 6.92 Å². The molecule has 0 spiro atoms. The molecule has 3 rings (SSSR count). The molecule has 1 unspecified atom stereocenters. The van der Waals surface area contributed by atoms with Gasteiger partial charge in [0, 0.05) is 25.3 Å². The molecule has 1 fully saturated rings. The second kappa shape index (κ2) is 9.01. The van der Waals surface area contributed by atoms with E-state index in [0.29, 0.717) is 30.4 Å². The molecular weight excluding hydrogens is 338 g/mol. The number of nitrogens with zero attached hydrogens (tertiary/aromatic N) is 2. The lowest BCUT2D eigenvalue weighted by atomic mass is 10.1. The fourth-order valence-electron chi connectivity index (χ4n) is 2.66. The lowest BCUT2D eigenvalue weighted by Gasteiger charge is -2.06. The van der Waals surface area contributed by atoms with Crippen LogP contribution in [-0.2, 0) is 21.7 Å². The van der Waals surface area contributed by atoms with Crippen LogP contribution in [0.4, 0.5) is 0 Å². The first-order valence-corrected chi connectivity index (χ1v) is 9.71. The van der Waals surface area contributed by atoms with Crippen molar-refractivity contribution >= 4 is 17.7 Å². The van der Waals surface area contributed by atoms with E-state index in [-0.39, 0.29) is 12.0 Å². The monoisotopic (exact) mass is 361 g/mol. The molecule has 1 amide bonds. The van der Waals surface area contributed by atoms with E-state index in [1.165, 1.54) is 11.1 Å². The van der Waals surface area contributed by atoms with Gasteiger partial charge in [0.2, 0.25) is 5.91 Å². The standard InChI is InChI=1S/C18H23N3O3S/c1-13-5-2-3-6-14(13)11-25-12-17(22)19-9-8-16-20-18(24-21-16)15-7-4-10-23-15/h2-3,5-6,15H,4,7-12H2,1H3,(H,19,22). The van der Waals surface area contributed by atoms with Gasteiger partial charge in [-0.15, -0.1) is 11.8 Å². The number of ether oxygens (including phenoxy) is 1. The second-order valence-electron chi connectivity index (χ2n) is 6.07. The van der Waals surface area contributed by atoms with E-state index in [4.69, 9.17) is 9.26 Å². The van der Waals surface area contributed by atoms with Crippen molar-refractivity contribution < 1.29 is 14.1 Å². The molecule has 0 radical (unpaired) electrons. The van der Waals surface area contributed by atoms with Gasteiger partial charge in [0.05, 0.1) is 5.75 Å². The van der Waals surface area contributed by atoms with Gasteiger partial charge in [0.25, 0.3) is 5.89 Å². The molecule has 1 aliphatic heterocycles. The summed E-state index contributed by atoms with van der Waals surface area (Å²) in [6, 6.07) is 8.24. The Bertz CT molecular complexity index is 698. The van der Waals surface area contributed by atoms with E-state index in [2.05, 4.69) is 34.5 Å². The summed E-state index contributed by atoms with van der Waals surface area (Å²) >= 11 is 1.62. The third-order valence-electron chi connectivity index (χ3n) is 4.11. The molecule has 0 saturated carbocycles. The maximum atomic E-state index is 11.9. The van der Waals surface area contributed by atoms with E-state index in [1.807, 2.05) is 12.1 Å². The first-order chi connectivity index (χ1) is 12.2. The summed E-state index contributed by atoms with van der Waals surface area (Å²) in [4.78, 5) is 16.2. The Balaban J connectivity index is 1.33. The van der Waals surface area contributed by atoms with E-state index in [9.17, 15) is 4.79 Å². The van der Waals surface area contributed by atoms with Gasteiger partial charge in [-0.25, -0.2) is 0 Å². The first kappa shape index (κ1) is 17.9. The summed E-state index contributed by atoms with van der Waals surface area (Å²) in [5.74, 6) is 2.48. The highest BCUT2D eigenvalue weighted by Gasteiger charge is 2.23. The van der Waals surface area contributed by atoms with Gasteiger partial charge in [-0.1, -0.05) is 29.4 Å². The lowest BCUT2D eigenvalue weighted by molar-refractivity contribution is -0.118. The van der Waals surface area contributed by atoms with Gasteiger partial charge in [0.1, 0.15) is 6.10 Å². The van der Waals surface area contributed by atoms with E-state index < -0.39 is 0 Å². The van der Waals surface area contributed by atoms with Crippen LogP contribution in [0.3, 0.4) is 0 Å². The van der Waals surface area contributed by atoms with Crippen LogP contribution in [0.1, 0.15) is 41.8 Å². The van der Waals surface area contributed by atoms with Gasteiger partial charge >= 0.3 is 0 Å². The minimum atomic E-state index is -0.0614. The topological polar surface area (TPSA) is 77.2 Å². The highest BCUT2D eigenvalue weighted by Crippen LogP contribution is 2.26. The van der Waals surface area contributed by atoms with Gasteiger partial charge < -0.3 is 14.6 Å². The van der Waals surface area contributed by atoms with Gasteiger partial charge in [-0.05, 0) is 30.9 Å². The van der Waals surface area contributed by atoms with E-state index in [0.717, 1.165) is 25.2 Å². The zero-order valence-electron chi connectivity index (χ0n) is 14.4. The number of amides is 1. The molecule has 1 saturated heterocycles. The Kier molecular flexibility index (Phi) is 6.47. The zero-order valence-corrected chi connectivity index (χ0v) is 15.2. The number of benzene rings is 1. The minimum Gasteiger partial charge on any atom is -0.368 e. The van der Waals surface area contributed by atoms with Crippen LogP contribution < -0.4 is 5.32 Å². The maximum absolute atomic E-state index is 11.9. The summed E-state index contributed by atoms with van der Waals surface area (Å²) in [5.41, 5.74) is 2.53.